The van der Waals surface area contributed by atoms with E-state index in [2.05, 4.69) is 0 Å². The summed E-state index contributed by atoms with van der Waals surface area (Å²) in [5.41, 5.74) is 5.00. The van der Waals surface area contributed by atoms with Crippen molar-refractivity contribution >= 4 is 5.91 Å². The van der Waals surface area contributed by atoms with Crippen molar-refractivity contribution in [2.45, 2.75) is 32.8 Å². The fourth-order valence-electron chi connectivity index (χ4n) is 0.965. The molecule has 1 rings (SSSR count). The molecular formula is C7H15NO2. The fraction of sp³-hybridized carbons (Fsp3) is 0.857. The number of nitrogens with two attached hydrogens (primary N) is 1. The summed E-state index contributed by atoms with van der Waals surface area (Å²) < 4.78 is 5.06. The van der Waals surface area contributed by atoms with Crippen LogP contribution in [0.1, 0.15) is 26.7 Å². The minimum atomic E-state index is -0.324. The van der Waals surface area contributed by atoms with Crippen molar-refractivity contribution < 1.29 is 9.53 Å². The number of ether oxygens (including phenoxy) is 1. The molecule has 0 aliphatic carbocycles. The molecule has 0 radical (unpaired) electrons. The van der Waals surface area contributed by atoms with Gasteiger partial charge < -0.3 is 10.5 Å². The molecule has 60 valence electrons. The van der Waals surface area contributed by atoms with Crippen LogP contribution in [-0.4, -0.2) is 18.6 Å². The summed E-state index contributed by atoms with van der Waals surface area (Å²) in [6, 6.07) is 0. The predicted octanol–water partition coefficient (Wildman–Crippen LogP) is 0.677. The monoisotopic (exact) mass is 145 g/mol. The molecule has 1 unspecified atom stereocenters. The Balaban J connectivity index is 0.000000810. The van der Waals surface area contributed by atoms with Crippen LogP contribution in [0.5, 0.6) is 0 Å². The molecule has 0 aromatic carbocycles. The maximum atomic E-state index is 10.5. The zero-order chi connectivity index (χ0) is 6.69. The van der Waals surface area contributed by atoms with Crippen molar-refractivity contribution in [3.63, 3.8) is 0 Å². The van der Waals surface area contributed by atoms with E-state index in [4.69, 9.17) is 10.5 Å². The maximum absolute atomic E-state index is 10.5. The van der Waals surface area contributed by atoms with Gasteiger partial charge >= 0.3 is 0 Å². The van der Waals surface area contributed by atoms with Gasteiger partial charge in [0.1, 0.15) is 6.10 Å². The maximum Gasteiger partial charge on any atom is 0.246 e. The van der Waals surface area contributed by atoms with E-state index in [-0.39, 0.29) is 19.4 Å². The molecule has 1 aliphatic heterocycles. The third kappa shape index (κ3) is 2.35. The summed E-state index contributed by atoms with van der Waals surface area (Å²) in [6.45, 7) is 0.688. The summed E-state index contributed by atoms with van der Waals surface area (Å²) >= 11 is 0. The minimum absolute atomic E-state index is 0. The molecule has 1 aliphatic rings. The highest BCUT2D eigenvalue weighted by atomic mass is 16.5. The number of hydrogen-bond acceptors (Lipinski definition) is 2. The van der Waals surface area contributed by atoms with Crippen molar-refractivity contribution in [3.05, 3.63) is 0 Å². The van der Waals surface area contributed by atoms with E-state index in [1.54, 1.807) is 0 Å². The van der Waals surface area contributed by atoms with Crippen LogP contribution in [0.15, 0.2) is 0 Å². The molecule has 0 saturated carbocycles. The van der Waals surface area contributed by atoms with Gasteiger partial charge in [0.15, 0.2) is 0 Å². The quantitative estimate of drug-likeness (QED) is 0.589. The van der Waals surface area contributed by atoms with Crippen molar-refractivity contribution in [2.75, 3.05) is 6.61 Å². The number of amides is 1. The van der Waals surface area contributed by atoms with Crippen molar-refractivity contribution in [2.24, 2.45) is 5.73 Å². The highest BCUT2D eigenvalue weighted by Gasteiger charge is 2.18. The van der Waals surface area contributed by atoms with Crippen LogP contribution in [0.25, 0.3) is 0 Å². The Kier molecular flexibility index (Phi) is 4.03. The largest absolute Gasteiger partial charge is 0.368 e. The van der Waals surface area contributed by atoms with Gasteiger partial charge in [-0.3, -0.25) is 4.79 Å². The number of carbonyl (C=O) groups is 1. The van der Waals surface area contributed by atoms with Crippen LogP contribution in [0.4, 0.5) is 0 Å². The highest BCUT2D eigenvalue weighted by Crippen LogP contribution is 2.11. The molecule has 1 fully saturated rings. The first kappa shape index (κ1) is 9.43. The van der Waals surface area contributed by atoms with E-state index >= 15 is 0 Å². The summed E-state index contributed by atoms with van der Waals surface area (Å²) in [6.07, 6.45) is 2.62. The Hall–Kier alpha value is -0.570. The third-order valence-corrected chi connectivity index (χ3v) is 1.50. The first-order valence-corrected chi connectivity index (χ1v) is 3.21. The normalized spacial score (nSPS) is 25.0. The number of carbonyl (C=O) groups excluding carboxylic acids is 1. The molecule has 1 heterocycles. The summed E-state index contributed by atoms with van der Waals surface area (Å²) in [5.74, 6) is -0.324. The Morgan fingerprint density at radius 1 is 1.50 bits per heavy atom. The van der Waals surface area contributed by atoms with Crippen LogP contribution in [0, 0.1) is 0 Å². The molecule has 0 bridgehead atoms. The van der Waals surface area contributed by atoms with Crippen LogP contribution in [-0.2, 0) is 9.53 Å². The molecule has 1 amide bonds. The van der Waals surface area contributed by atoms with Crippen LogP contribution >= 0.6 is 0 Å². The Labute approximate surface area is 61.5 Å². The lowest BCUT2D eigenvalue weighted by atomic mass is 10.1. The Morgan fingerprint density at radius 2 is 2.20 bits per heavy atom. The van der Waals surface area contributed by atoms with Gasteiger partial charge in [0, 0.05) is 6.61 Å². The number of rotatable bonds is 1. The minimum Gasteiger partial charge on any atom is -0.368 e. The van der Waals surface area contributed by atoms with Gasteiger partial charge in [-0.25, -0.2) is 0 Å². The van der Waals surface area contributed by atoms with Gasteiger partial charge in [-0.15, -0.1) is 0 Å². The standard InChI is InChI=1S/C6H11NO2.CH4/c7-6(8)5-3-1-2-4-9-5;/h5H,1-4H2,(H2,7,8);1H4. The lowest BCUT2D eigenvalue weighted by Gasteiger charge is -2.18. The second-order valence-electron chi connectivity index (χ2n) is 2.26. The van der Waals surface area contributed by atoms with Crippen LogP contribution in [0.3, 0.4) is 0 Å². The zero-order valence-corrected chi connectivity index (χ0v) is 5.30. The van der Waals surface area contributed by atoms with E-state index in [0.717, 1.165) is 19.3 Å². The molecule has 10 heavy (non-hydrogen) atoms. The SMILES string of the molecule is C.NC(=O)C1CCCCO1. The number of hydrogen-bond donors (Lipinski definition) is 1. The average molecular weight is 145 g/mol. The topological polar surface area (TPSA) is 52.3 Å². The third-order valence-electron chi connectivity index (χ3n) is 1.50. The zero-order valence-electron chi connectivity index (χ0n) is 5.30. The van der Waals surface area contributed by atoms with Gasteiger partial charge in [0.2, 0.25) is 5.91 Å². The van der Waals surface area contributed by atoms with Gasteiger partial charge in [0.25, 0.3) is 0 Å². The molecule has 1 saturated heterocycles. The van der Waals surface area contributed by atoms with Crippen molar-refractivity contribution in [3.8, 4) is 0 Å². The second kappa shape index (κ2) is 4.28. The molecule has 1 atom stereocenters. The van der Waals surface area contributed by atoms with E-state index in [0.29, 0.717) is 6.61 Å². The Bertz CT molecular complexity index is 108. The molecule has 0 aromatic heterocycles. The molecule has 0 spiro atoms. The van der Waals surface area contributed by atoms with Gasteiger partial charge in [0.05, 0.1) is 0 Å². The van der Waals surface area contributed by atoms with E-state index in [1.165, 1.54) is 0 Å². The van der Waals surface area contributed by atoms with Crippen LogP contribution in [0.2, 0.25) is 0 Å². The highest BCUT2D eigenvalue weighted by molar-refractivity contribution is 5.78. The Morgan fingerprint density at radius 3 is 2.50 bits per heavy atom. The lowest BCUT2D eigenvalue weighted by molar-refractivity contribution is -0.132. The van der Waals surface area contributed by atoms with E-state index < -0.39 is 0 Å². The molecule has 3 heteroatoms. The molecule has 2 N–H and O–H groups in total. The van der Waals surface area contributed by atoms with Crippen molar-refractivity contribution in [1.29, 1.82) is 0 Å². The fourth-order valence-corrected chi connectivity index (χ4v) is 0.965. The smallest absolute Gasteiger partial charge is 0.246 e. The first-order valence-electron chi connectivity index (χ1n) is 3.21. The molecule has 3 nitrogen and oxygen atoms in total. The van der Waals surface area contributed by atoms with Crippen molar-refractivity contribution in [1.82, 2.24) is 0 Å². The van der Waals surface area contributed by atoms with Gasteiger partial charge in [-0.1, -0.05) is 7.43 Å². The lowest BCUT2D eigenvalue weighted by Crippen LogP contribution is -2.33. The van der Waals surface area contributed by atoms with Gasteiger partial charge in [-0.05, 0) is 19.3 Å². The van der Waals surface area contributed by atoms with Crippen LogP contribution < -0.4 is 5.73 Å². The summed E-state index contributed by atoms with van der Waals surface area (Å²) in [7, 11) is 0. The number of primary amides is 1. The van der Waals surface area contributed by atoms with E-state index in [1.807, 2.05) is 0 Å². The first-order chi connectivity index (χ1) is 4.30. The average Bonchev–Trinajstić information content (AvgIpc) is 1.90. The summed E-state index contributed by atoms with van der Waals surface area (Å²) in [5, 5.41) is 0. The predicted molar refractivity (Wildman–Crippen MR) is 39.5 cm³/mol. The second-order valence-corrected chi connectivity index (χ2v) is 2.26. The van der Waals surface area contributed by atoms with Gasteiger partial charge in [-0.2, -0.15) is 0 Å². The molecular weight excluding hydrogens is 130 g/mol. The van der Waals surface area contributed by atoms with E-state index in [9.17, 15) is 4.79 Å². The molecule has 0 aromatic rings. The summed E-state index contributed by atoms with van der Waals surface area (Å²) in [4.78, 5) is 10.5.